The van der Waals surface area contributed by atoms with Gasteiger partial charge < -0.3 is 5.73 Å². The highest BCUT2D eigenvalue weighted by Gasteiger charge is 2.00. The Morgan fingerprint density at radius 2 is 2.38 bits per heavy atom. The van der Waals surface area contributed by atoms with Crippen molar-refractivity contribution in [3.63, 3.8) is 0 Å². The van der Waals surface area contributed by atoms with Crippen molar-refractivity contribution in [3.8, 4) is 12.3 Å². The van der Waals surface area contributed by atoms with Gasteiger partial charge in [-0.05, 0) is 18.2 Å². The molecule has 0 saturated carbocycles. The van der Waals surface area contributed by atoms with Crippen molar-refractivity contribution in [2.75, 3.05) is 5.73 Å². The molecule has 2 aromatic rings. The Morgan fingerprint density at radius 1 is 1.54 bits per heavy atom. The normalized spacial score (nSPS) is 10.1. The summed E-state index contributed by atoms with van der Waals surface area (Å²) in [5.74, 6) is 2.54. The van der Waals surface area contributed by atoms with Crippen LogP contribution in [-0.2, 0) is 6.54 Å². The van der Waals surface area contributed by atoms with Crippen LogP contribution in [0.15, 0.2) is 24.4 Å². The van der Waals surface area contributed by atoms with Gasteiger partial charge in [-0.15, -0.1) is 6.42 Å². The van der Waals surface area contributed by atoms with Gasteiger partial charge in [-0.2, -0.15) is 5.10 Å². The van der Waals surface area contributed by atoms with Crippen molar-refractivity contribution >= 4 is 16.6 Å². The third-order valence-corrected chi connectivity index (χ3v) is 1.91. The minimum Gasteiger partial charge on any atom is -0.399 e. The Bertz CT molecular complexity index is 476. The summed E-state index contributed by atoms with van der Waals surface area (Å²) >= 11 is 0. The molecular formula is C10H9N3. The van der Waals surface area contributed by atoms with E-state index in [1.54, 1.807) is 10.9 Å². The molecule has 64 valence electrons. The highest BCUT2D eigenvalue weighted by atomic mass is 15.3. The predicted molar refractivity (Wildman–Crippen MR) is 53.0 cm³/mol. The number of anilines is 1. The maximum absolute atomic E-state index is 5.66. The van der Waals surface area contributed by atoms with Crippen LogP contribution >= 0.6 is 0 Å². The molecule has 3 heteroatoms. The zero-order valence-corrected chi connectivity index (χ0v) is 7.07. The van der Waals surface area contributed by atoms with Crippen LogP contribution in [0.1, 0.15) is 0 Å². The third kappa shape index (κ3) is 1.23. The number of terminal acetylenes is 1. The first-order valence-electron chi connectivity index (χ1n) is 3.96. The van der Waals surface area contributed by atoms with Crippen LogP contribution in [0, 0.1) is 12.3 Å². The van der Waals surface area contributed by atoms with Crippen LogP contribution in [0.5, 0.6) is 0 Å². The zero-order chi connectivity index (χ0) is 9.26. The highest BCUT2D eigenvalue weighted by Crippen LogP contribution is 2.16. The molecule has 0 aliphatic heterocycles. The number of hydrogen-bond donors (Lipinski definition) is 1. The summed E-state index contributed by atoms with van der Waals surface area (Å²) in [4.78, 5) is 0. The molecule has 0 amide bonds. The van der Waals surface area contributed by atoms with E-state index in [4.69, 9.17) is 12.2 Å². The summed E-state index contributed by atoms with van der Waals surface area (Å²) in [5.41, 5.74) is 7.37. The topological polar surface area (TPSA) is 43.8 Å². The molecule has 0 saturated heterocycles. The fourth-order valence-corrected chi connectivity index (χ4v) is 1.30. The quantitative estimate of drug-likeness (QED) is 0.518. The molecule has 0 spiro atoms. The van der Waals surface area contributed by atoms with Gasteiger partial charge in [-0.1, -0.05) is 5.92 Å². The second-order valence-electron chi connectivity index (χ2n) is 2.82. The molecule has 0 fully saturated rings. The van der Waals surface area contributed by atoms with Crippen molar-refractivity contribution in [1.82, 2.24) is 9.78 Å². The van der Waals surface area contributed by atoms with Crippen molar-refractivity contribution in [2.24, 2.45) is 0 Å². The first kappa shape index (κ1) is 7.69. The molecule has 0 unspecified atom stereocenters. The number of nitrogens with zero attached hydrogens (tertiary/aromatic N) is 2. The first-order chi connectivity index (χ1) is 6.31. The Labute approximate surface area is 76.2 Å². The standard InChI is InChI=1S/C10H9N3/c1-2-5-13-10-6-9(11)4-3-8(10)7-12-13/h1,3-4,6-7H,5,11H2. The van der Waals surface area contributed by atoms with Gasteiger partial charge in [0, 0.05) is 11.1 Å². The van der Waals surface area contributed by atoms with Crippen LogP contribution in [0.25, 0.3) is 10.9 Å². The van der Waals surface area contributed by atoms with E-state index in [0.717, 1.165) is 16.6 Å². The lowest BCUT2D eigenvalue weighted by atomic mass is 10.2. The summed E-state index contributed by atoms with van der Waals surface area (Å²) in [6, 6.07) is 5.66. The second-order valence-corrected chi connectivity index (χ2v) is 2.82. The van der Waals surface area contributed by atoms with E-state index in [9.17, 15) is 0 Å². The van der Waals surface area contributed by atoms with E-state index in [-0.39, 0.29) is 0 Å². The zero-order valence-electron chi connectivity index (χ0n) is 7.07. The van der Waals surface area contributed by atoms with Crippen molar-refractivity contribution in [1.29, 1.82) is 0 Å². The average Bonchev–Trinajstić information content (AvgIpc) is 2.49. The summed E-state index contributed by atoms with van der Waals surface area (Å²) in [6.45, 7) is 0.479. The van der Waals surface area contributed by atoms with E-state index in [2.05, 4.69) is 11.0 Å². The Kier molecular flexibility index (Phi) is 1.67. The number of benzene rings is 1. The minimum atomic E-state index is 0.479. The van der Waals surface area contributed by atoms with Crippen molar-refractivity contribution < 1.29 is 0 Å². The van der Waals surface area contributed by atoms with Gasteiger partial charge in [0.2, 0.25) is 0 Å². The van der Waals surface area contributed by atoms with Crippen LogP contribution < -0.4 is 5.73 Å². The molecule has 0 aliphatic carbocycles. The molecule has 0 radical (unpaired) electrons. The van der Waals surface area contributed by atoms with Gasteiger partial charge in [0.15, 0.2) is 0 Å². The van der Waals surface area contributed by atoms with Gasteiger partial charge in [-0.25, -0.2) is 0 Å². The van der Waals surface area contributed by atoms with Gasteiger partial charge in [-0.3, -0.25) is 4.68 Å². The summed E-state index contributed by atoms with van der Waals surface area (Å²) in [7, 11) is 0. The highest BCUT2D eigenvalue weighted by molar-refractivity contribution is 5.81. The number of nitrogen functional groups attached to an aromatic ring is 1. The predicted octanol–water partition coefficient (Wildman–Crippen LogP) is 1.25. The lowest BCUT2D eigenvalue weighted by Gasteiger charge is -1.98. The van der Waals surface area contributed by atoms with Crippen LogP contribution in [0.4, 0.5) is 5.69 Å². The Morgan fingerprint density at radius 3 is 3.15 bits per heavy atom. The van der Waals surface area contributed by atoms with Crippen LogP contribution in [0.3, 0.4) is 0 Å². The second kappa shape index (κ2) is 2.83. The number of fused-ring (bicyclic) bond motifs is 1. The molecule has 1 aromatic carbocycles. The van der Waals surface area contributed by atoms with E-state index in [0.29, 0.717) is 6.54 Å². The summed E-state index contributed by atoms with van der Waals surface area (Å²) in [5, 5.41) is 5.20. The Balaban J connectivity index is 2.66. The molecule has 1 heterocycles. The summed E-state index contributed by atoms with van der Waals surface area (Å²) < 4.78 is 1.76. The van der Waals surface area contributed by atoms with Gasteiger partial charge in [0.05, 0.1) is 11.7 Å². The molecule has 3 nitrogen and oxygen atoms in total. The van der Waals surface area contributed by atoms with E-state index in [1.807, 2.05) is 18.2 Å². The maximum Gasteiger partial charge on any atom is 0.102 e. The average molecular weight is 171 g/mol. The third-order valence-electron chi connectivity index (χ3n) is 1.91. The first-order valence-corrected chi connectivity index (χ1v) is 3.96. The van der Waals surface area contributed by atoms with Crippen LogP contribution in [-0.4, -0.2) is 9.78 Å². The molecule has 1 aromatic heterocycles. The van der Waals surface area contributed by atoms with E-state index < -0.39 is 0 Å². The lowest BCUT2D eigenvalue weighted by molar-refractivity contribution is 0.743. The number of nitrogens with two attached hydrogens (primary N) is 1. The number of aromatic nitrogens is 2. The minimum absolute atomic E-state index is 0.479. The van der Waals surface area contributed by atoms with Crippen LogP contribution in [0.2, 0.25) is 0 Å². The SMILES string of the molecule is C#CCn1ncc2ccc(N)cc21. The van der Waals surface area contributed by atoms with Crippen molar-refractivity contribution in [2.45, 2.75) is 6.54 Å². The maximum atomic E-state index is 5.66. The molecule has 0 aliphatic rings. The van der Waals surface area contributed by atoms with Crippen molar-refractivity contribution in [3.05, 3.63) is 24.4 Å². The molecule has 13 heavy (non-hydrogen) atoms. The number of hydrogen-bond acceptors (Lipinski definition) is 2. The van der Waals surface area contributed by atoms with Gasteiger partial charge in [0.25, 0.3) is 0 Å². The molecule has 0 bridgehead atoms. The monoisotopic (exact) mass is 171 g/mol. The fraction of sp³-hybridized carbons (Fsp3) is 0.100. The summed E-state index contributed by atoms with van der Waals surface area (Å²) in [6.07, 6.45) is 6.99. The van der Waals surface area contributed by atoms with Gasteiger partial charge in [0.1, 0.15) is 6.54 Å². The lowest BCUT2D eigenvalue weighted by Crippen LogP contribution is -1.97. The van der Waals surface area contributed by atoms with E-state index >= 15 is 0 Å². The number of rotatable bonds is 1. The molecule has 0 atom stereocenters. The van der Waals surface area contributed by atoms with E-state index in [1.165, 1.54) is 0 Å². The fourth-order valence-electron chi connectivity index (χ4n) is 1.30. The smallest absolute Gasteiger partial charge is 0.102 e. The Hall–Kier alpha value is -1.95. The molecule has 2 N–H and O–H groups in total. The van der Waals surface area contributed by atoms with Gasteiger partial charge >= 0.3 is 0 Å². The largest absolute Gasteiger partial charge is 0.399 e. The molecular weight excluding hydrogens is 162 g/mol. The molecule has 2 rings (SSSR count).